The molecule has 1 aromatic carbocycles. The van der Waals surface area contributed by atoms with Crippen LogP contribution in [-0.4, -0.2) is 55.5 Å². The monoisotopic (exact) mass is 374 g/mol. The molecule has 0 aliphatic carbocycles. The normalized spacial score (nSPS) is 19.3. The lowest BCUT2D eigenvalue weighted by atomic mass is 9.96. The van der Waals surface area contributed by atoms with Crippen molar-refractivity contribution in [2.45, 2.75) is 32.6 Å². The summed E-state index contributed by atoms with van der Waals surface area (Å²) in [5.74, 6) is 1.16. The summed E-state index contributed by atoms with van der Waals surface area (Å²) in [6.45, 7) is 6.27. The van der Waals surface area contributed by atoms with Crippen LogP contribution >= 0.6 is 0 Å². The number of carbonyl (C=O) groups is 1. The standard InChI is InChI=1S/C20H30N4O3/c1-15-5-9-22(10-6-15)18-4-3-17(13-19(18)24(26)27)20(25)23-11-7-16(8-12-23)14-21-2/h3-4,13,15-16,21H,5-12,14H2,1-2H3. The molecule has 27 heavy (non-hydrogen) atoms. The molecule has 1 N–H and O–H groups in total. The van der Waals surface area contributed by atoms with Crippen LogP contribution in [0.5, 0.6) is 0 Å². The van der Waals surface area contributed by atoms with E-state index < -0.39 is 0 Å². The quantitative estimate of drug-likeness (QED) is 0.633. The summed E-state index contributed by atoms with van der Waals surface area (Å²) in [5.41, 5.74) is 1.10. The van der Waals surface area contributed by atoms with E-state index in [4.69, 9.17) is 0 Å². The molecule has 1 aromatic rings. The van der Waals surface area contributed by atoms with Crippen LogP contribution in [0.1, 0.15) is 43.0 Å². The predicted molar refractivity (Wildman–Crippen MR) is 106 cm³/mol. The molecule has 0 bridgehead atoms. The van der Waals surface area contributed by atoms with Gasteiger partial charge >= 0.3 is 0 Å². The number of nitro benzene ring substituents is 1. The number of amides is 1. The maximum atomic E-state index is 12.8. The fourth-order valence-electron chi connectivity index (χ4n) is 4.13. The van der Waals surface area contributed by atoms with Crippen LogP contribution in [0, 0.1) is 22.0 Å². The molecule has 0 saturated carbocycles. The van der Waals surface area contributed by atoms with Crippen LogP contribution < -0.4 is 10.2 Å². The molecule has 2 aliphatic rings. The lowest BCUT2D eigenvalue weighted by Gasteiger charge is -2.33. The number of benzene rings is 1. The molecule has 0 aromatic heterocycles. The molecule has 148 valence electrons. The Hall–Kier alpha value is -2.15. The summed E-state index contributed by atoms with van der Waals surface area (Å²) in [6, 6.07) is 4.98. The summed E-state index contributed by atoms with van der Waals surface area (Å²) >= 11 is 0. The Morgan fingerprint density at radius 1 is 1.19 bits per heavy atom. The predicted octanol–water partition coefficient (Wildman–Crippen LogP) is 2.90. The molecule has 0 spiro atoms. The number of carbonyl (C=O) groups excluding carboxylic acids is 1. The highest BCUT2D eigenvalue weighted by Crippen LogP contribution is 2.33. The van der Waals surface area contributed by atoms with E-state index in [0.29, 0.717) is 36.2 Å². The maximum Gasteiger partial charge on any atom is 0.293 e. The molecular formula is C20H30N4O3. The second-order valence-electron chi connectivity index (χ2n) is 7.92. The van der Waals surface area contributed by atoms with Gasteiger partial charge in [-0.3, -0.25) is 14.9 Å². The van der Waals surface area contributed by atoms with Crippen molar-refractivity contribution >= 4 is 17.3 Å². The van der Waals surface area contributed by atoms with Crippen molar-refractivity contribution in [3.05, 3.63) is 33.9 Å². The zero-order valence-electron chi connectivity index (χ0n) is 16.3. The molecule has 2 saturated heterocycles. The zero-order chi connectivity index (χ0) is 19.4. The Kier molecular flexibility index (Phi) is 6.31. The summed E-state index contributed by atoms with van der Waals surface area (Å²) in [7, 11) is 1.95. The van der Waals surface area contributed by atoms with E-state index in [9.17, 15) is 14.9 Å². The molecular weight excluding hydrogens is 344 g/mol. The summed E-state index contributed by atoms with van der Waals surface area (Å²) < 4.78 is 0. The van der Waals surface area contributed by atoms with Crippen LogP contribution in [0.15, 0.2) is 18.2 Å². The van der Waals surface area contributed by atoms with Gasteiger partial charge in [0.15, 0.2) is 0 Å². The minimum Gasteiger partial charge on any atom is -0.366 e. The third-order valence-corrected chi connectivity index (χ3v) is 5.94. The average molecular weight is 374 g/mol. The molecule has 7 heteroatoms. The number of nitro groups is 1. The van der Waals surface area contributed by atoms with E-state index >= 15 is 0 Å². The van der Waals surface area contributed by atoms with Crippen molar-refractivity contribution in [2.75, 3.05) is 44.7 Å². The molecule has 2 aliphatic heterocycles. The minimum atomic E-state index is -0.358. The molecule has 3 rings (SSSR count). The molecule has 0 unspecified atom stereocenters. The summed E-state index contributed by atoms with van der Waals surface area (Å²) in [4.78, 5) is 28.0. The molecule has 1 amide bonds. The number of likely N-dealkylation sites (tertiary alicyclic amines) is 1. The number of nitrogens with zero attached hydrogens (tertiary/aromatic N) is 3. The summed E-state index contributed by atoms with van der Waals surface area (Å²) in [5, 5.41) is 14.8. The van der Waals surface area contributed by atoms with Crippen LogP contribution in [0.4, 0.5) is 11.4 Å². The van der Waals surface area contributed by atoms with Gasteiger partial charge in [0.05, 0.1) is 4.92 Å². The molecule has 2 heterocycles. The Balaban J connectivity index is 1.74. The smallest absolute Gasteiger partial charge is 0.293 e. The van der Waals surface area contributed by atoms with E-state index in [1.807, 2.05) is 11.9 Å². The molecule has 0 radical (unpaired) electrons. The highest BCUT2D eigenvalue weighted by molar-refractivity contribution is 5.96. The van der Waals surface area contributed by atoms with Gasteiger partial charge in [0.25, 0.3) is 11.6 Å². The first-order valence-corrected chi connectivity index (χ1v) is 9.97. The number of hydrogen-bond donors (Lipinski definition) is 1. The van der Waals surface area contributed by atoms with Crippen molar-refractivity contribution in [3.63, 3.8) is 0 Å². The van der Waals surface area contributed by atoms with Crippen LogP contribution in [0.25, 0.3) is 0 Å². The minimum absolute atomic E-state index is 0.0421. The van der Waals surface area contributed by atoms with Gasteiger partial charge in [-0.1, -0.05) is 6.92 Å². The zero-order valence-corrected chi connectivity index (χ0v) is 16.3. The van der Waals surface area contributed by atoms with Crippen molar-refractivity contribution in [1.29, 1.82) is 0 Å². The first-order valence-electron chi connectivity index (χ1n) is 9.97. The third kappa shape index (κ3) is 4.58. The van der Waals surface area contributed by atoms with E-state index in [0.717, 1.165) is 45.3 Å². The van der Waals surface area contributed by atoms with E-state index in [1.165, 1.54) is 6.07 Å². The molecule has 0 atom stereocenters. The first kappa shape index (κ1) is 19.6. The topological polar surface area (TPSA) is 78.7 Å². The van der Waals surface area contributed by atoms with E-state index in [2.05, 4.69) is 17.1 Å². The first-order chi connectivity index (χ1) is 13.0. The number of anilines is 1. The van der Waals surface area contributed by atoms with Crippen molar-refractivity contribution in [1.82, 2.24) is 10.2 Å². The highest BCUT2D eigenvalue weighted by Gasteiger charge is 2.27. The van der Waals surface area contributed by atoms with E-state index in [-0.39, 0.29) is 16.5 Å². The lowest BCUT2D eigenvalue weighted by Crippen LogP contribution is -2.40. The fourth-order valence-corrected chi connectivity index (χ4v) is 4.13. The SMILES string of the molecule is CNCC1CCN(C(=O)c2ccc(N3CCC(C)CC3)c([N+](=O)[O-])c2)CC1. The molecule has 7 nitrogen and oxygen atoms in total. The number of rotatable bonds is 5. The van der Waals surface area contributed by atoms with Gasteiger partial charge in [0.1, 0.15) is 5.69 Å². The Morgan fingerprint density at radius 3 is 2.44 bits per heavy atom. The Bertz CT molecular complexity index is 678. The van der Waals surface area contributed by atoms with Gasteiger partial charge in [-0.05, 0) is 63.2 Å². The molecule has 2 fully saturated rings. The van der Waals surface area contributed by atoms with Crippen molar-refractivity contribution in [2.24, 2.45) is 11.8 Å². The van der Waals surface area contributed by atoms with Crippen LogP contribution in [0.2, 0.25) is 0 Å². The van der Waals surface area contributed by atoms with Gasteiger partial charge in [-0.25, -0.2) is 0 Å². The largest absolute Gasteiger partial charge is 0.366 e. The lowest BCUT2D eigenvalue weighted by molar-refractivity contribution is -0.384. The van der Waals surface area contributed by atoms with Gasteiger partial charge < -0.3 is 15.1 Å². The fraction of sp³-hybridized carbons (Fsp3) is 0.650. The van der Waals surface area contributed by atoms with Gasteiger partial charge in [-0.15, -0.1) is 0 Å². The number of hydrogen-bond acceptors (Lipinski definition) is 5. The average Bonchev–Trinajstić information content (AvgIpc) is 2.68. The van der Waals surface area contributed by atoms with Gasteiger partial charge in [0, 0.05) is 37.8 Å². The third-order valence-electron chi connectivity index (χ3n) is 5.94. The van der Waals surface area contributed by atoms with E-state index in [1.54, 1.807) is 12.1 Å². The number of piperidine rings is 2. The highest BCUT2D eigenvalue weighted by atomic mass is 16.6. The Labute approximate surface area is 160 Å². The number of nitrogens with one attached hydrogen (secondary N) is 1. The second-order valence-corrected chi connectivity index (χ2v) is 7.92. The Morgan fingerprint density at radius 2 is 1.85 bits per heavy atom. The maximum absolute atomic E-state index is 12.8. The van der Waals surface area contributed by atoms with Crippen molar-refractivity contribution < 1.29 is 9.72 Å². The van der Waals surface area contributed by atoms with Gasteiger partial charge in [-0.2, -0.15) is 0 Å². The second kappa shape index (κ2) is 8.69. The van der Waals surface area contributed by atoms with Gasteiger partial charge in [0.2, 0.25) is 0 Å². The van der Waals surface area contributed by atoms with Crippen molar-refractivity contribution in [3.8, 4) is 0 Å². The van der Waals surface area contributed by atoms with Crippen LogP contribution in [-0.2, 0) is 0 Å². The summed E-state index contributed by atoms with van der Waals surface area (Å²) in [6.07, 6.45) is 4.02. The van der Waals surface area contributed by atoms with Crippen LogP contribution in [0.3, 0.4) is 0 Å².